The number of carbonyl (C=O) groups is 1. The molecule has 0 aliphatic heterocycles. The second-order valence-electron chi connectivity index (χ2n) is 4.51. The highest BCUT2D eigenvalue weighted by Gasteiger charge is 2.09. The fourth-order valence-corrected chi connectivity index (χ4v) is 2.15. The van der Waals surface area contributed by atoms with Crippen molar-refractivity contribution in [1.82, 2.24) is 10.3 Å². The Balaban J connectivity index is 2.48. The largest absolute Gasteiger partial charge is 0.370 e. The summed E-state index contributed by atoms with van der Waals surface area (Å²) in [7, 11) is 0. The van der Waals surface area contributed by atoms with Gasteiger partial charge in [-0.1, -0.05) is 6.92 Å². The molecule has 1 aromatic rings. The molecule has 1 amide bonds. The van der Waals surface area contributed by atoms with Crippen molar-refractivity contribution in [3.8, 4) is 0 Å². The maximum atomic E-state index is 12.0. The first kappa shape index (κ1) is 15.8. The Morgan fingerprint density at radius 3 is 2.84 bits per heavy atom. The third-order valence-corrected chi connectivity index (χ3v) is 3.36. The standard InChI is InChI=1S/C14H23N3OS/c1-4-8-15-13-6-5-12(10-16-13)14(18)17-11(2)7-9-19-3/h5-6,10-11H,4,7-9H2,1-3H3,(H,15,16)(H,17,18). The molecule has 0 radical (unpaired) electrons. The predicted molar refractivity (Wildman–Crippen MR) is 82.9 cm³/mol. The molecule has 1 aromatic heterocycles. The monoisotopic (exact) mass is 281 g/mol. The molecule has 4 nitrogen and oxygen atoms in total. The lowest BCUT2D eigenvalue weighted by molar-refractivity contribution is 0.0939. The highest BCUT2D eigenvalue weighted by atomic mass is 32.2. The smallest absolute Gasteiger partial charge is 0.253 e. The first-order valence-corrected chi connectivity index (χ1v) is 8.06. The molecule has 2 N–H and O–H groups in total. The number of nitrogens with zero attached hydrogens (tertiary/aromatic N) is 1. The molecule has 0 aromatic carbocycles. The highest BCUT2D eigenvalue weighted by molar-refractivity contribution is 7.98. The van der Waals surface area contributed by atoms with Crippen molar-refractivity contribution in [1.29, 1.82) is 0 Å². The van der Waals surface area contributed by atoms with Crippen LogP contribution in [0.2, 0.25) is 0 Å². The van der Waals surface area contributed by atoms with Crippen LogP contribution in [-0.2, 0) is 0 Å². The summed E-state index contributed by atoms with van der Waals surface area (Å²) in [5.41, 5.74) is 0.609. The maximum Gasteiger partial charge on any atom is 0.253 e. The molecule has 0 saturated carbocycles. The molecule has 0 saturated heterocycles. The van der Waals surface area contributed by atoms with Gasteiger partial charge in [-0.15, -0.1) is 0 Å². The molecular weight excluding hydrogens is 258 g/mol. The van der Waals surface area contributed by atoms with Crippen molar-refractivity contribution in [2.75, 3.05) is 23.9 Å². The maximum absolute atomic E-state index is 12.0. The molecule has 0 aliphatic rings. The fourth-order valence-electron chi connectivity index (χ4n) is 1.56. The van der Waals surface area contributed by atoms with Gasteiger partial charge in [0.05, 0.1) is 5.56 Å². The summed E-state index contributed by atoms with van der Waals surface area (Å²) in [5, 5.41) is 6.16. The molecule has 106 valence electrons. The molecule has 0 spiro atoms. The van der Waals surface area contributed by atoms with E-state index in [4.69, 9.17) is 0 Å². The number of carbonyl (C=O) groups excluding carboxylic acids is 1. The summed E-state index contributed by atoms with van der Waals surface area (Å²) in [6.07, 6.45) is 5.72. The lowest BCUT2D eigenvalue weighted by Gasteiger charge is -2.13. The van der Waals surface area contributed by atoms with Crippen LogP contribution >= 0.6 is 11.8 Å². The zero-order chi connectivity index (χ0) is 14.1. The Bertz CT molecular complexity index is 381. The van der Waals surface area contributed by atoms with Gasteiger partial charge in [-0.25, -0.2) is 4.98 Å². The van der Waals surface area contributed by atoms with Gasteiger partial charge >= 0.3 is 0 Å². The first-order valence-electron chi connectivity index (χ1n) is 6.67. The van der Waals surface area contributed by atoms with Crippen molar-refractivity contribution >= 4 is 23.5 Å². The first-order chi connectivity index (χ1) is 9.17. The van der Waals surface area contributed by atoms with Gasteiger partial charge in [0.1, 0.15) is 5.82 Å². The number of pyridine rings is 1. The summed E-state index contributed by atoms with van der Waals surface area (Å²) < 4.78 is 0. The van der Waals surface area contributed by atoms with Crippen molar-refractivity contribution in [2.24, 2.45) is 0 Å². The number of amides is 1. The number of rotatable bonds is 8. The number of nitrogens with one attached hydrogen (secondary N) is 2. The van der Waals surface area contributed by atoms with Gasteiger partial charge in [-0.05, 0) is 43.9 Å². The Morgan fingerprint density at radius 2 is 2.26 bits per heavy atom. The normalized spacial score (nSPS) is 11.9. The summed E-state index contributed by atoms with van der Waals surface area (Å²) in [5.74, 6) is 1.82. The SMILES string of the molecule is CCCNc1ccc(C(=O)NC(C)CCSC)cn1. The van der Waals surface area contributed by atoms with Gasteiger partial charge in [0.2, 0.25) is 0 Å². The lowest BCUT2D eigenvalue weighted by atomic mass is 10.2. The van der Waals surface area contributed by atoms with Crippen LogP contribution in [0.4, 0.5) is 5.82 Å². The fraction of sp³-hybridized carbons (Fsp3) is 0.571. The molecule has 19 heavy (non-hydrogen) atoms. The van der Waals surface area contributed by atoms with Crippen LogP contribution in [0.25, 0.3) is 0 Å². The molecule has 1 atom stereocenters. The van der Waals surface area contributed by atoms with Crippen molar-refractivity contribution in [3.05, 3.63) is 23.9 Å². The Morgan fingerprint density at radius 1 is 1.47 bits per heavy atom. The molecule has 1 rings (SSSR count). The number of anilines is 1. The average molecular weight is 281 g/mol. The van der Waals surface area contributed by atoms with Crippen molar-refractivity contribution in [2.45, 2.75) is 32.7 Å². The van der Waals surface area contributed by atoms with Crippen LogP contribution in [0.15, 0.2) is 18.3 Å². The third-order valence-electron chi connectivity index (χ3n) is 2.71. The summed E-state index contributed by atoms with van der Waals surface area (Å²) >= 11 is 1.79. The van der Waals surface area contributed by atoms with Gasteiger partial charge in [0.15, 0.2) is 0 Å². The molecule has 0 fully saturated rings. The average Bonchev–Trinajstić information content (AvgIpc) is 2.43. The zero-order valence-corrected chi connectivity index (χ0v) is 12.7. The van der Waals surface area contributed by atoms with E-state index in [2.05, 4.69) is 28.8 Å². The number of hydrogen-bond acceptors (Lipinski definition) is 4. The van der Waals surface area contributed by atoms with E-state index in [1.807, 2.05) is 19.1 Å². The Hall–Kier alpha value is -1.23. The van der Waals surface area contributed by atoms with E-state index in [0.717, 1.165) is 31.0 Å². The Kier molecular flexibility index (Phi) is 7.33. The van der Waals surface area contributed by atoms with Crippen LogP contribution in [0.3, 0.4) is 0 Å². The van der Waals surface area contributed by atoms with Gasteiger partial charge < -0.3 is 10.6 Å². The minimum Gasteiger partial charge on any atom is -0.370 e. The van der Waals surface area contributed by atoms with E-state index in [9.17, 15) is 4.79 Å². The van der Waals surface area contributed by atoms with Gasteiger partial charge in [-0.2, -0.15) is 11.8 Å². The van der Waals surface area contributed by atoms with Crippen LogP contribution < -0.4 is 10.6 Å². The number of hydrogen-bond donors (Lipinski definition) is 2. The van der Waals surface area contributed by atoms with E-state index >= 15 is 0 Å². The molecule has 5 heteroatoms. The molecule has 0 bridgehead atoms. The third kappa shape index (κ3) is 5.96. The summed E-state index contributed by atoms with van der Waals surface area (Å²) in [6.45, 7) is 5.02. The molecule has 1 heterocycles. The molecular formula is C14H23N3OS. The van der Waals surface area contributed by atoms with Crippen LogP contribution in [0.1, 0.15) is 37.0 Å². The van der Waals surface area contributed by atoms with Crippen LogP contribution in [-0.4, -0.2) is 35.5 Å². The van der Waals surface area contributed by atoms with E-state index in [1.54, 1.807) is 18.0 Å². The lowest BCUT2D eigenvalue weighted by Crippen LogP contribution is -2.33. The van der Waals surface area contributed by atoms with E-state index < -0.39 is 0 Å². The second kappa shape index (κ2) is 8.80. The minimum absolute atomic E-state index is 0.0526. The summed E-state index contributed by atoms with van der Waals surface area (Å²) in [4.78, 5) is 16.2. The molecule has 0 aliphatic carbocycles. The van der Waals surface area contributed by atoms with Crippen molar-refractivity contribution < 1.29 is 4.79 Å². The number of thioether (sulfide) groups is 1. The van der Waals surface area contributed by atoms with E-state index in [1.165, 1.54) is 0 Å². The summed E-state index contributed by atoms with van der Waals surface area (Å²) in [6, 6.07) is 3.84. The number of aromatic nitrogens is 1. The molecule has 1 unspecified atom stereocenters. The Labute approximate surface area is 119 Å². The van der Waals surface area contributed by atoms with Gasteiger partial charge in [0.25, 0.3) is 5.91 Å². The van der Waals surface area contributed by atoms with E-state index in [0.29, 0.717) is 5.56 Å². The van der Waals surface area contributed by atoms with E-state index in [-0.39, 0.29) is 11.9 Å². The van der Waals surface area contributed by atoms with Crippen LogP contribution in [0, 0.1) is 0 Å². The topological polar surface area (TPSA) is 54.0 Å². The highest BCUT2D eigenvalue weighted by Crippen LogP contribution is 2.06. The quantitative estimate of drug-likeness (QED) is 0.769. The van der Waals surface area contributed by atoms with Gasteiger partial charge in [0, 0.05) is 18.8 Å². The van der Waals surface area contributed by atoms with Crippen molar-refractivity contribution in [3.63, 3.8) is 0 Å². The second-order valence-corrected chi connectivity index (χ2v) is 5.50. The minimum atomic E-state index is -0.0526. The predicted octanol–water partition coefficient (Wildman–Crippen LogP) is 2.77. The zero-order valence-electron chi connectivity index (χ0n) is 11.9. The van der Waals surface area contributed by atoms with Gasteiger partial charge in [-0.3, -0.25) is 4.79 Å². The van der Waals surface area contributed by atoms with Crippen LogP contribution in [0.5, 0.6) is 0 Å².